The molecule has 166 valence electrons. The fourth-order valence-electron chi connectivity index (χ4n) is 3.08. The molecule has 7 nitrogen and oxygen atoms in total. The molecule has 0 fully saturated rings. The zero-order valence-electron chi connectivity index (χ0n) is 18.1. The number of carboxylic acids is 1. The van der Waals surface area contributed by atoms with Gasteiger partial charge in [0.2, 0.25) is 0 Å². The average Bonchev–Trinajstić information content (AvgIpc) is 2.77. The summed E-state index contributed by atoms with van der Waals surface area (Å²) >= 11 is 0. The Bertz CT molecular complexity index is 1100. The van der Waals surface area contributed by atoms with Crippen molar-refractivity contribution in [2.45, 2.75) is 20.4 Å². The van der Waals surface area contributed by atoms with E-state index in [1.165, 1.54) is 0 Å². The molecule has 7 heteroatoms. The van der Waals surface area contributed by atoms with Crippen LogP contribution >= 0.6 is 0 Å². The second kappa shape index (κ2) is 10.9. The molecule has 0 aliphatic heterocycles. The molecule has 3 rings (SSSR count). The molecule has 0 unspecified atom stereocenters. The number of hydrogen-bond donors (Lipinski definition) is 3. The summed E-state index contributed by atoms with van der Waals surface area (Å²) in [6.45, 7) is 4.60. The number of carboxylic acid groups (broad SMARTS) is 1. The minimum absolute atomic E-state index is 0.145. The standard InChI is InChI=1S/C25H26N2O5/c1-3-31-23-13-18(15-26-20-8-5-7-19(14-20)25(29)30)10-11-22(23)32-16-24(28)27-21-9-4-6-17(2)12-21/h4-14,26H,3,15-16H2,1-2H3,(H,27,28)(H,29,30). The normalized spacial score (nSPS) is 10.3. The molecule has 0 aliphatic rings. The Morgan fingerprint density at radius 2 is 1.69 bits per heavy atom. The van der Waals surface area contributed by atoms with E-state index in [2.05, 4.69) is 10.6 Å². The Labute approximate surface area is 187 Å². The van der Waals surface area contributed by atoms with Gasteiger partial charge < -0.3 is 25.2 Å². The summed E-state index contributed by atoms with van der Waals surface area (Å²) in [5.41, 5.74) is 3.62. The topological polar surface area (TPSA) is 96.9 Å². The third-order valence-electron chi connectivity index (χ3n) is 4.57. The molecular formula is C25H26N2O5. The highest BCUT2D eigenvalue weighted by Crippen LogP contribution is 2.29. The van der Waals surface area contributed by atoms with Crippen molar-refractivity contribution in [1.29, 1.82) is 0 Å². The van der Waals surface area contributed by atoms with Gasteiger partial charge in [0.1, 0.15) is 0 Å². The maximum absolute atomic E-state index is 12.2. The summed E-state index contributed by atoms with van der Waals surface area (Å²) in [6.07, 6.45) is 0. The number of aryl methyl sites for hydroxylation is 1. The first-order chi connectivity index (χ1) is 15.4. The molecule has 0 aliphatic carbocycles. The van der Waals surface area contributed by atoms with Crippen LogP contribution in [0.2, 0.25) is 0 Å². The Balaban J connectivity index is 1.61. The molecule has 1 amide bonds. The van der Waals surface area contributed by atoms with Crippen LogP contribution in [0.4, 0.5) is 11.4 Å². The first kappa shape index (κ1) is 22.7. The Hall–Kier alpha value is -4.00. The fraction of sp³-hybridized carbons (Fsp3) is 0.200. The van der Waals surface area contributed by atoms with Crippen LogP contribution in [0.25, 0.3) is 0 Å². The smallest absolute Gasteiger partial charge is 0.335 e. The van der Waals surface area contributed by atoms with Crippen molar-refractivity contribution in [1.82, 2.24) is 0 Å². The van der Waals surface area contributed by atoms with Crippen LogP contribution in [-0.2, 0) is 11.3 Å². The lowest BCUT2D eigenvalue weighted by molar-refractivity contribution is -0.118. The third kappa shape index (κ3) is 6.50. The zero-order valence-corrected chi connectivity index (χ0v) is 18.1. The number of amides is 1. The van der Waals surface area contributed by atoms with Crippen LogP contribution < -0.4 is 20.1 Å². The largest absolute Gasteiger partial charge is 0.490 e. The molecule has 0 bridgehead atoms. The second-order valence-electron chi connectivity index (χ2n) is 7.16. The predicted octanol–water partition coefficient (Wildman–Crippen LogP) is 4.72. The van der Waals surface area contributed by atoms with Gasteiger partial charge in [-0.1, -0.05) is 24.3 Å². The van der Waals surface area contributed by atoms with Crippen LogP contribution in [0.5, 0.6) is 11.5 Å². The van der Waals surface area contributed by atoms with Crippen molar-refractivity contribution in [3.8, 4) is 11.5 Å². The van der Waals surface area contributed by atoms with E-state index in [4.69, 9.17) is 14.6 Å². The molecule has 0 radical (unpaired) electrons. The second-order valence-corrected chi connectivity index (χ2v) is 7.16. The van der Waals surface area contributed by atoms with Gasteiger partial charge in [0.15, 0.2) is 18.1 Å². The number of carbonyl (C=O) groups is 2. The number of benzene rings is 3. The molecular weight excluding hydrogens is 408 g/mol. The van der Waals surface area contributed by atoms with Crippen molar-refractivity contribution >= 4 is 23.3 Å². The van der Waals surface area contributed by atoms with Crippen LogP contribution in [-0.4, -0.2) is 30.2 Å². The van der Waals surface area contributed by atoms with Crippen LogP contribution in [0.1, 0.15) is 28.4 Å². The van der Waals surface area contributed by atoms with Gasteiger partial charge >= 0.3 is 5.97 Å². The minimum Gasteiger partial charge on any atom is -0.490 e. The van der Waals surface area contributed by atoms with E-state index >= 15 is 0 Å². The number of aromatic carboxylic acids is 1. The van der Waals surface area contributed by atoms with Gasteiger partial charge in [-0.25, -0.2) is 4.79 Å². The maximum atomic E-state index is 12.2. The summed E-state index contributed by atoms with van der Waals surface area (Å²) < 4.78 is 11.4. The number of hydrogen-bond acceptors (Lipinski definition) is 5. The van der Waals surface area contributed by atoms with Gasteiger partial charge in [0.25, 0.3) is 5.91 Å². The number of nitrogens with one attached hydrogen (secondary N) is 2. The van der Waals surface area contributed by atoms with Gasteiger partial charge in [-0.2, -0.15) is 0 Å². The molecule has 32 heavy (non-hydrogen) atoms. The molecule has 0 saturated carbocycles. The highest BCUT2D eigenvalue weighted by molar-refractivity contribution is 5.92. The van der Waals surface area contributed by atoms with Crippen molar-refractivity contribution in [2.75, 3.05) is 23.8 Å². The molecule has 0 spiro atoms. The lowest BCUT2D eigenvalue weighted by Gasteiger charge is -2.14. The van der Waals surface area contributed by atoms with Crippen molar-refractivity contribution in [3.63, 3.8) is 0 Å². The molecule has 0 atom stereocenters. The molecule has 0 saturated heterocycles. The average molecular weight is 434 g/mol. The Morgan fingerprint density at radius 3 is 2.44 bits per heavy atom. The van der Waals surface area contributed by atoms with E-state index in [0.717, 1.165) is 16.8 Å². The van der Waals surface area contributed by atoms with E-state index < -0.39 is 5.97 Å². The quantitative estimate of drug-likeness (QED) is 0.427. The lowest BCUT2D eigenvalue weighted by Crippen LogP contribution is -2.20. The van der Waals surface area contributed by atoms with Crippen LogP contribution in [0.15, 0.2) is 66.7 Å². The highest BCUT2D eigenvalue weighted by Gasteiger charge is 2.10. The van der Waals surface area contributed by atoms with Crippen LogP contribution in [0.3, 0.4) is 0 Å². The molecule has 0 aromatic heterocycles. The maximum Gasteiger partial charge on any atom is 0.335 e. The SMILES string of the molecule is CCOc1cc(CNc2cccc(C(=O)O)c2)ccc1OCC(=O)Nc1cccc(C)c1. The molecule has 3 aromatic rings. The summed E-state index contributed by atoms with van der Waals surface area (Å²) in [5.74, 6) is -0.223. The predicted molar refractivity (Wildman–Crippen MR) is 124 cm³/mol. The molecule has 3 N–H and O–H groups in total. The zero-order chi connectivity index (χ0) is 22.9. The Morgan fingerprint density at radius 1 is 0.906 bits per heavy atom. The van der Waals surface area contributed by atoms with Gasteiger partial charge in [-0.3, -0.25) is 4.79 Å². The van der Waals surface area contributed by atoms with E-state index in [1.807, 2.05) is 50.2 Å². The third-order valence-corrected chi connectivity index (χ3v) is 4.57. The van der Waals surface area contributed by atoms with Crippen LogP contribution in [0, 0.1) is 6.92 Å². The minimum atomic E-state index is -0.972. The van der Waals surface area contributed by atoms with E-state index in [-0.39, 0.29) is 18.1 Å². The van der Waals surface area contributed by atoms with Gasteiger partial charge in [-0.15, -0.1) is 0 Å². The van der Waals surface area contributed by atoms with Gasteiger partial charge in [0.05, 0.1) is 12.2 Å². The van der Waals surface area contributed by atoms with Gasteiger partial charge in [0, 0.05) is 17.9 Å². The van der Waals surface area contributed by atoms with E-state index in [0.29, 0.717) is 30.3 Å². The van der Waals surface area contributed by atoms with Crippen molar-refractivity contribution in [2.24, 2.45) is 0 Å². The monoisotopic (exact) mass is 434 g/mol. The summed E-state index contributed by atoms with van der Waals surface area (Å²) in [6, 6.07) is 19.6. The Kier molecular flexibility index (Phi) is 7.70. The summed E-state index contributed by atoms with van der Waals surface area (Å²) in [7, 11) is 0. The first-order valence-corrected chi connectivity index (χ1v) is 10.3. The van der Waals surface area contributed by atoms with Crippen molar-refractivity contribution < 1.29 is 24.2 Å². The summed E-state index contributed by atoms with van der Waals surface area (Å²) in [4.78, 5) is 23.4. The highest BCUT2D eigenvalue weighted by atomic mass is 16.5. The first-order valence-electron chi connectivity index (χ1n) is 10.3. The van der Waals surface area contributed by atoms with E-state index in [9.17, 15) is 9.59 Å². The fourth-order valence-corrected chi connectivity index (χ4v) is 3.08. The van der Waals surface area contributed by atoms with E-state index in [1.54, 1.807) is 30.3 Å². The number of ether oxygens (including phenoxy) is 2. The van der Waals surface area contributed by atoms with Gasteiger partial charge in [-0.05, 0) is 67.4 Å². The summed E-state index contributed by atoms with van der Waals surface area (Å²) in [5, 5.41) is 15.1. The van der Waals surface area contributed by atoms with Crippen molar-refractivity contribution in [3.05, 3.63) is 83.4 Å². The molecule has 3 aromatic carbocycles. The molecule has 0 heterocycles. The number of carbonyl (C=O) groups excluding carboxylic acids is 1. The number of anilines is 2. The lowest BCUT2D eigenvalue weighted by atomic mass is 10.1. The number of rotatable bonds is 10.